The van der Waals surface area contributed by atoms with Crippen molar-refractivity contribution in [1.29, 1.82) is 0 Å². The minimum absolute atomic E-state index is 0.0555. The summed E-state index contributed by atoms with van der Waals surface area (Å²) in [5.74, 6) is -0.822. The molecule has 0 heterocycles. The van der Waals surface area contributed by atoms with Gasteiger partial charge in [0.15, 0.2) is 6.10 Å². The summed E-state index contributed by atoms with van der Waals surface area (Å²) in [5.41, 5.74) is 5.35. The first-order valence-corrected chi connectivity index (χ1v) is 23.7. The zero-order chi connectivity index (χ0) is 38.9. The van der Waals surface area contributed by atoms with Gasteiger partial charge in [-0.3, -0.25) is 18.6 Å². The van der Waals surface area contributed by atoms with Gasteiger partial charge in [-0.05, 0) is 38.5 Å². The van der Waals surface area contributed by atoms with E-state index in [0.29, 0.717) is 6.42 Å². The van der Waals surface area contributed by atoms with Crippen molar-refractivity contribution in [2.45, 2.75) is 225 Å². The lowest BCUT2D eigenvalue weighted by atomic mass is 10.0. The number of carbonyl (C=O) groups excluding carboxylic acids is 2. The fourth-order valence-corrected chi connectivity index (χ4v) is 7.10. The van der Waals surface area contributed by atoms with E-state index in [9.17, 15) is 19.0 Å². The Balaban J connectivity index is 4.12. The lowest BCUT2D eigenvalue weighted by Crippen LogP contribution is -2.29. The van der Waals surface area contributed by atoms with Crippen LogP contribution in [0, 0.1) is 0 Å². The van der Waals surface area contributed by atoms with Gasteiger partial charge in [-0.25, -0.2) is 4.57 Å². The van der Waals surface area contributed by atoms with Crippen LogP contribution in [0.1, 0.15) is 219 Å². The van der Waals surface area contributed by atoms with E-state index < -0.39 is 26.5 Å². The summed E-state index contributed by atoms with van der Waals surface area (Å²) in [6.45, 7) is 3.75. The van der Waals surface area contributed by atoms with Crippen LogP contribution in [0.5, 0.6) is 0 Å². The third-order valence-corrected chi connectivity index (χ3v) is 10.6. The van der Waals surface area contributed by atoms with Gasteiger partial charge in [-0.2, -0.15) is 0 Å². The van der Waals surface area contributed by atoms with Crippen molar-refractivity contribution < 1.29 is 37.6 Å². The highest BCUT2D eigenvalue weighted by molar-refractivity contribution is 7.47. The molecule has 0 radical (unpaired) electrons. The smallest absolute Gasteiger partial charge is 0.462 e. The molecule has 2 atom stereocenters. The van der Waals surface area contributed by atoms with Crippen LogP contribution in [0.2, 0.25) is 0 Å². The molecule has 0 amide bonds. The highest BCUT2D eigenvalue weighted by Gasteiger charge is 2.26. The van der Waals surface area contributed by atoms with Gasteiger partial charge >= 0.3 is 19.8 Å². The second kappa shape index (κ2) is 40.4. The molecular weight excluding hydrogens is 689 g/mol. The summed E-state index contributed by atoms with van der Waals surface area (Å²) in [7, 11) is -4.37. The molecular formula is C43H84NO8P. The molecule has 0 aromatic heterocycles. The summed E-state index contributed by atoms with van der Waals surface area (Å²) >= 11 is 0. The molecule has 9 nitrogen and oxygen atoms in total. The van der Waals surface area contributed by atoms with Crippen molar-refractivity contribution in [2.75, 3.05) is 26.4 Å². The predicted octanol–water partition coefficient (Wildman–Crippen LogP) is 12.6. The van der Waals surface area contributed by atoms with Gasteiger partial charge in [-0.1, -0.05) is 180 Å². The molecule has 0 spiro atoms. The molecule has 1 unspecified atom stereocenters. The SMILES string of the molecule is CCCCCCCCC=CCCCCCCCCCC(=O)O[C@H](COC(=O)CCCCCCCCCCCCCCCCC)COP(=O)(O)OCCN. The Morgan fingerprint density at radius 1 is 0.547 bits per heavy atom. The molecule has 0 aromatic carbocycles. The van der Waals surface area contributed by atoms with Gasteiger partial charge in [0, 0.05) is 19.4 Å². The highest BCUT2D eigenvalue weighted by atomic mass is 31.2. The van der Waals surface area contributed by atoms with Gasteiger partial charge in [0.25, 0.3) is 0 Å². The van der Waals surface area contributed by atoms with Crippen LogP contribution in [0.15, 0.2) is 12.2 Å². The Labute approximate surface area is 326 Å². The number of unbranched alkanes of at least 4 members (excludes halogenated alkanes) is 27. The number of nitrogens with two attached hydrogens (primary N) is 1. The molecule has 0 bridgehead atoms. The fraction of sp³-hybridized carbons (Fsp3) is 0.907. The zero-order valence-electron chi connectivity index (χ0n) is 34.5. The van der Waals surface area contributed by atoms with Crippen LogP contribution in [0.4, 0.5) is 0 Å². The summed E-state index contributed by atoms with van der Waals surface area (Å²) in [4.78, 5) is 34.9. The lowest BCUT2D eigenvalue weighted by Gasteiger charge is -2.19. The number of phosphoric ester groups is 1. The minimum atomic E-state index is -4.37. The molecule has 0 aromatic rings. The van der Waals surface area contributed by atoms with Crippen LogP contribution in [0.25, 0.3) is 0 Å². The summed E-state index contributed by atoms with van der Waals surface area (Å²) in [6.07, 6.45) is 40.9. The third kappa shape index (κ3) is 40.2. The van der Waals surface area contributed by atoms with E-state index in [1.165, 1.54) is 141 Å². The summed E-state index contributed by atoms with van der Waals surface area (Å²) in [5, 5.41) is 0. The van der Waals surface area contributed by atoms with Crippen LogP contribution in [0.3, 0.4) is 0 Å². The van der Waals surface area contributed by atoms with Crippen molar-refractivity contribution in [1.82, 2.24) is 0 Å². The minimum Gasteiger partial charge on any atom is -0.462 e. The first-order chi connectivity index (χ1) is 25.8. The number of allylic oxidation sites excluding steroid dienone is 2. The maximum absolute atomic E-state index is 12.6. The average Bonchev–Trinajstić information content (AvgIpc) is 3.14. The van der Waals surface area contributed by atoms with Gasteiger partial charge in [0.1, 0.15) is 6.61 Å². The van der Waals surface area contributed by atoms with E-state index in [2.05, 4.69) is 26.0 Å². The Kier molecular flexibility index (Phi) is 39.5. The molecule has 0 aliphatic carbocycles. The number of carbonyl (C=O) groups is 2. The highest BCUT2D eigenvalue weighted by Crippen LogP contribution is 2.43. The molecule has 314 valence electrons. The van der Waals surface area contributed by atoms with Crippen LogP contribution >= 0.6 is 7.82 Å². The lowest BCUT2D eigenvalue weighted by molar-refractivity contribution is -0.161. The number of esters is 2. The van der Waals surface area contributed by atoms with Crippen molar-refractivity contribution in [2.24, 2.45) is 5.73 Å². The molecule has 0 saturated carbocycles. The molecule has 53 heavy (non-hydrogen) atoms. The second-order valence-corrected chi connectivity index (χ2v) is 16.4. The van der Waals surface area contributed by atoms with Crippen molar-refractivity contribution in [3.8, 4) is 0 Å². The maximum Gasteiger partial charge on any atom is 0.472 e. The summed E-state index contributed by atoms with van der Waals surface area (Å²) in [6, 6.07) is 0. The number of rotatable bonds is 42. The fourth-order valence-electron chi connectivity index (χ4n) is 6.34. The molecule has 0 aliphatic rings. The molecule has 3 N–H and O–H groups in total. The van der Waals surface area contributed by atoms with E-state index in [1.807, 2.05) is 0 Å². The summed E-state index contributed by atoms with van der Waals surface area (Å²) < 4.78 is 32.8. The van der Waals surface area contributed by atoms with Gasteiger partial charge < -0.3 is 20.1 Å². The maximum atomic E-state index is 12.6. The van der Waals surface area contributed by atoms with Gasteiger partial charge in [0.05, 0.1) is 13.2 Å². The van der Waals surface area contributed by atoms with Crippen LogP contribution in [-0.2, 0) is 32.7 Å². The Hall–Kier alpha value is -1.25. The van der Waals surface area contributed by atoms with Gasteiger partial charge in [-0.15, -0.1) is 0 Å². The normalized spacial score (nSPS) is 13.4. The number of hydrogen-bond acceptors (Lipinski definition) is 8. The third-order valence-electron chi connectivity index (χ3n) is 9.65. The first-order valence-electron chi connectivity index (χ1n) is 22.2. The van der Waals surface area contributed by atoms with Crippen molar-refractivity contribution in [3.63, 3.8) is 0 Å². The van der Waals surface area contributed by atoms with E-state index >= 15 is 0 Å². The average molecular weight is 774 g/mol. The number of phosphoric acid groups is 1. The van der Waals surface area contributed by atoms with Crippen molar-refractivity contribution >= 4 is 19.8 Å². The van der Waals surface area contributed by atoms with Gasteiger partial charge in [0.2, 0.25) is 0 Å². The Bertz CT molecular complexity index is 886. The standard InChI is InChI=1S/C43H84NO8P/c1-3-5-7-9-11-13-15-17-19-20-22-24-26-28-30-32-34-36-43(46)52-41(40-51-53(47,48)50-38-37-44)39-49-42(45)35-33-31-29-27-25-23-21-18-16-14-12-10-8-6-4-2/h17,19,41H,3-16,18,20-40,44H2,1-2H3,(H,47,48)/t41-/m1/s1. The molecule has 10 heteroatoms. The number of hydrogen-bond donors (Lipinski definition) is 2. The van der Waals surface area contributed by atoms with E-state index in [1.54, 1.807) is 0 Å². The predicted molar refractivity (Wildman–Crippen MR) is 220 cm³/mol. The monoisotopic (exact) mass is 774 g/mol. The van der Waals surface area contributed by atoms with E-state index in [0.717, 1.165) is 44.9 Å². The quantitative estimate of drug-likeness (QED) is 0.0269. The number of ether oxygens (including phenoxy) is 2. The Morgan fingerprint density at radius 3 is 1.34 bits per heavy atom. The zero-order valence-corrected chi connectivity index (χ0v) is 35.4. The van der Waals surface area contributed by atoms with E-state index in [-0.39, 0.29) is 38.6 Å². The largest absolute Gasteiger partial charge is 0.472 e. The molecule has 0 aliphatic heterocycles. The molecule has 0 fully saturated rings. The van der Waals surface area contributed by atoms with Crippen molar-refractivity contribution in [3.05, 3.63) is 12.2 Å². The second-order valence-electron chi connectivity index (χ2n) is 14.9. The molecule has 0 rings (SSSR count). The van der Waals surface area contributed by atoms with E-state index in [4.69, 9.17) is 24.3 Å². The topological polar surface area (TPSA) is 134 Å². The van der Waals surface area contributed by atoms with Crippen LogP contribution in [-0.4, -0.2) is 49.3 Å². The first kappa shape index (κ1) is 51.8. The van der Waals surface area contributed by atoms with Crippen LogP contribution < -0.4 is 5.73 Å². The Morgan fingerprint density at radius 2 is 0.925 bits per heavy atom. The molecule has 0 saturated heterocycles.